The van der Waals surface area contributed by atoms with E-state index in [4.69, 9.17) is 4.42 Å². The molecule has 1 aromatic carbocycles. The first kappa shape index (κ1) is 13.8. The quantitative estimate of drug-likeness (QED) is 0.466. The fourth-order valence-electron chi connectivity index (χ4n) is 1.86. The number of carbonyl (C=O) groups is 1. The number of aryl methyl sites for hydroxylation is 1. The molecule has 0 aliphatic heterocycles. The second-order valence-electron chi connectivity index (χ2n) is 4.11. The third-order valence-corrected chi connectivity index (χ3v) is 2.85. The molecule has 0 unspecified atom stereocenters. The minimum absolute atomic E-state index is 0.125. The van der Waals surface area contributed by atoms with Crippen molar-refractivity contribution in [1.82, 2.24) is 4.57 Å². The number of nitro benzene ring substituents is 1. The maximum atomic E-state index is 11.7. The zero-order valence-corrected chi connectivity index (χ0v) is 10.7. The van der Waals surface area contributed by atoms with E-state index in [-0.39, 0.29) is 30.2 Å². The van der Waals surface area contributed by atoms with Gasteiger partial charge in [-0.25, -0.2) is 4.79 Å². The molecule has 0 fully saturated rings. The van der Waals surface area contributed by atoms with Gasteiger partial charge in [0.1, 0.15) is 0 Å². The second-order valence-corrected chi connectivity index (χ2v) is 4.11. The Labute approximate surface area is 112 Å². The summed E-state index contributed by atoms with van der Waals surface area (Å²) in [6.45, 7) is 0.224. The van der Waals surface area contributed by atoms with Gasteiger partial charge in [-0.1, -0.05) is 0 Å². The number of benzene rings is 1. The molecular formula is C12H12N2O6. The third-order valence-electron chi connectivity index (χ3n) is 2.85. The van der Waals surface area contributed by atoms with Crippen LogP contribution in [0.5, 0.6) is 0 Å². The molecule has 2 rings (SSSR count). The van der Waals surface area contributed by atoms with Crippen molar-refractivity contribution in [3.8, 4) is 0 Å². The number of non-ortho nitro benzene ring substituents is 1. The maximum Gasteiger partial charge on any atom is 0.419 e. The van der Waals surface area contributed by atoms with Gasteiger partial charge in [0.2, 0.25) is 0 Å². The van der Waals surface area contributed by atoms with E-state index in [1.165, 1.54) is 29.9 Å². The number of ether oxygens (including phenoxy) is 1. The average Bonchev–Trinajstić information content (AvgIpc) is 2.74. The molecule has 1 aromatic heterocycles. The number of oxazole rings is 1. The van der Waals surface area contributed by atoms with Gasteiger partial charge in [-0.2, -0.15) is 0 Å². The van der Waals surface area contributed by atoms with E-state index in [0.29, 0.717) is 11.9 Å². The Morgan fingerprint density at radius 3 is 2.90 bits per heavy atom. The lowest BCUT2D eigenvalue weighted by molar-refractivity contribution is -0.384. The second kappa shape index (κ2) is 5.55. The summed E-state index contributed by atoms with van der Waals surface area (Å²) in [5, 5.41) is 10.7. The standard InChI is InChI=1S/C12H12N2O6/c1-19-11(15)3-2-6-13-9-7-8(14(17)18)4-5-10(9)20-12(13)16/h4-5,7H,2-3,6H2,1H3. The highest BCUT2D eigenvalue weighted by atomic mass is 16.6. The van der Waals surface area contributed by atoms with Gasteiger partial charge < -0.3 is 9.15 Å². The number of rotatable bonds is 5. The molecule has 20 heavy (non-hydrogen) atoms. The molecule has 0 spiro atoms. The number of fused-ring (bicyclic) bond motifs is 1. The highest BCUT2D eigenvalue weighted by molar-refractivity contribution is 5.76. The summed E-state index contributed by atoms with van der Waals surface area (Å²) in [5.41, 5.74) is 0.493. The Morgan fingerprint density at radius 1 is 1.50 bits per heavy atom. The van der Waals surface area contributed by atoms with Gasteiger partial charge in [0, 0.05) is 25.1 Å². The lowest BCUT2D eigenvalue weighted by atomic mass is 10.2. The van der Waals surface area contributed by atoms with Crippen LogP contribution in [0.3, 0.4) is 0 Å². The number of esters is 1. The van der Waals surface area contributed by atoms with Gasteiger partial charge in [-0.05, 0) is 12.5 Å². The SMILES string of the molecule is COC(=O)CCCn1c(=O)oc2ccc([N+](=O)[O-])cc21. The van der Waals surface area contributed by atoms with Crippen molar-refractivity contribution in [2.45, 2.75) is 19.4 Å². The smallest absolute Gasteiger partial charge is 0.419 e. The van der Waals surface area contributed by atoms with Crippen molar-refractivity contribution in [3.05, 3.63) is 38.9 Å². The first-order chi connectivity index (χ1) is 9.52. The topological polar surface area (TPSA) is 105 Å². The number of nitro groups is 1. The molecule has 0 atom stereocenters. The monoisotopic (exact) mass is 280 g/mol. The maximum absolute atomic E-state index is 11.7. The highest BCUT2D eigenvalue weighted by Crippen LogP contribution is 2.20. The third kappa shape index (κ3) is 2.68. The van der Waals surface area contributed by atoms with Crippen LogP contribution in [0.15, 0.2) is 27.4 Å². The Bertz CT molecular complexity index is 714. The van der Waals surface area contributed by atoms with Crippen LogP contribution >= 0.6 is 0 Å². The fraction of sp³-hybridized carbons (Fsp3) is 0.333. The van der Waals surface area contributed by atoms with Crippen LogP contribution in [-0.4, -0.2) is 22.6 Å². The highest BCUT2D eigenvalue weighted by Gasteiger charge is 2.14. The van der Waals surface area contributed by atoms with E-state index in [1.54, 1.807) is 0 Å². The van der Waals surface area contributed by atoms with E-state index in [2.05, 4.69) is 4.74 Å². The van der Waals surface area contributed by atoms with Crippen molar-refractivity contribution < 1.29 is 18.9 Å². The van der Waals surface area contributed by atoms with E-state index in [9.17, 15) is 19.7 Å². The van der Waals surface area contributed by atoms with Crippen LogP contribution in [0.25, 0.3) is 11.1 Å². The Kier molecular flexibility index (Phi) is 3.83. The lowest BCUT2D eigenvalue weighted by Gasteiger charge is -2.01. The molecule has 0 N–H and O–H groups in total. The molecule has 1 heterocycles. The van der Waals surface area contributed by atoms with Crippen LogP contribution in [0.2, 0.25) is 0 Å². The van der Waals surface area contributed by atoms with E-state index >= 15 is 0 Å². The predicted molar refractivity (Wildman–Crippen MR) is 68.4 cm³/mol. The summed E-state index contributed by atoms with van der Waals surface area (Å²) < 4.78 is 10.8. The molecule has 0 bridgehead atoms. The van der Waals surface area contributed by atoms with Gasteiger partial charge in [-0.15, -0.1) is 0 Å². The zero-order valence-electron chi connectivity index (χ0n) is 10.7. The lowest BCUT2D eigenvalue weighted by Crippen LogP contribution is -2.15. The van der Waals surface area contributed by atoms with Gasteiger partial charge in [0.15, 0.2) is 5.58 Å². The van der Waals surface area contributed by atoms with E-state index < -0.39 is 10.7 Å². The van der Waals surface area contributed by atoms with Crippen molar-refractivity contribution in [2.24, 2.45) is 0 Å². The summed E-state index contributed by atoms with van der Waals surface area (Å²) in [5.74, 6) is -0.984. The van der Waals surface area contributed by atoms with Gasteiger partial charge >= 0.3 is 11.7 Å². The van der Waals surface area contributed by atoms with E-state index in [1.807, 2.05) is 0 Å². The van der Waals surface area contributed by atoms with Crippen molar-refractivity contribution in [1.29, 1.82) is 0 Å². The van der Waals surface area contributed by atoms with Gasteiger partial charge in [0.05, 0.1) is 17.5 Å². The summed E-state index contributed by atoms with van der Waals surface area (Å²) >= 11 is 0. The molecule has 2 aromatic rings. The van der Waals surface area contributed by atoms with Crippen LogP contribution in [-0.2, 0) is 16.1 Å². The summed E-state index contributed by atoms with van der Waals surface area (Å²) in [4.78, 5) is 32.9. The minimum Gasteiger partial charge on any atom is -0.469 e. The normalized spacial score (nSPS) is 10.7. The van der Waals surface area contributed by atoms with Crippen LogP contribution in [0.1, 0.15) is 12.8 Å². The van der Waals surface area contributed by atoms with Gasteiger partial charge in [0.25, 0.3) is 5.69 Å². The largest absolute Gasteiger partial charge is 0.469 e. The van der Waals surface area contributed by atoms with E-state index in [0.717, 1.165) is 0 Å². The molecule has 0 aliphatic carbocycles. The van der Waals surface area contributed by atoms with Crippen molar-refractivity contribution in [3.63, 3.8) is 0 Å². The number of aromatic nitrogens is 1. The van der Waals surface area contributed by atoms with Crippen LogP contribution in [0.4, 0.5) is 5.69 Å². The first-order valence-electron chi connectivity index (χ1n) is 5.87. The van der Waals surface area contributed by atoms with Gasteiger partial charge in [-0.3, -0.25) is 19.5 Å². The summed E-state index contributed by atoms with van der Waals surface area (Å²) in [7, 11) is 1.28. The summed E-state index contributed by atoms with van der Waals surface area (Å²) in [6, 6.07) is 3.92. The number of hydrogen-bond acceptors (Lipinski definition) is 6. The number of hydrogen-bond donors (Lipinski definition) is 0. The minimum atomic E-state index is -0.606. The Morgan fingerprint density at radius 2 is 2.25 bits per heavy atom. The van der Waals surface area contributed by atoms with Crippen LogP contribution in [0, 0.1) is 10.1 Å². The molecule has 0 aliphatic rings. The molecule has 0 saturated carbocycles. The predicted octanol–water partition coefficient (Wildman–Crippen LogP) is 1.46. The molecular weight excluding hydrogens is 268 g/mol. The molecule has 0 saturated heterocycles. The molecule has 106 valence electrons. The number of carbonyl (C=O) groups excluding carboxylic acids is 1. The van der Waals surface area contributed by atoms with Crippen molar-refractivity contribution >= 4 is 22.8 Å². The Balaban J connectivity index is 2.29. The summed E-state index contributed by atoms with van der Waals surface area (Å²) in [6.07, 6.45) is 0.536. The first-order valence-corrected chi connectivity index (χ1v) is 5.87. The molecule has 8 heteroatoms. The zero-order chi connectivity index (χ0) is 14.7. The fourth-order valence-corrected chi connectivity index (χ4v) is 1.86. The number of methoxy groups -OCH3 is 1. The number of nitrogens with zero attached hydrogens (tertiary/aromatic N) is 2. The molecule has 0 radical (unpaired) electrons. The van der Waals surface area contributed by atoms with Crippen molar-refractivity contribution in [2.75, 3.05) is 7.11 Å². The molecule has 8 nitrogen and oxygen atoms in total. The van der Waals surface area contributed by atoms with Crippen LogP contribution < -0.4 is 5.76 Å². The molecule has 0 amide bonds. The average molecular weight is 280 g/mol. The Hall–Kier alpha value is -2.64.